The van der Waals surface area contributed by atoms with Crippen LogP contribution in [-0.2, 0) is 17.1 Å². The van der Waals surface area contributed by atoms with Gasteiger partial charge in [-0.3, -0.25) is 14.9 Å². The average molecular weight is 521 g/mol. The van der Waals surface area contributed by atoms with Crippen LogP contribution in [0, 0.1) is 17.7 Å². The Labute approximate surface area is 207 Å². The fraction of sp³-hybridized carbons (Fsp3) is 0.292. The number of imide groups is 1. The van der Waals surface area contributed by atoms with E-state index in [2.05, 4.69) is 17.2 Å². The van der Waals surface area contributed by atoms with E-state index in [0.717, 1.165) is 11.6 Å². The van der Waals surface area contributed by atoms with E-state index in [4.69, 9.17) is 4.74 Å². The molecule has 0 saturated carbocycles. The normalized spacial score (nSPS) is 19.2. The average Bonchev–Trinajstić information content (AvgIpc) is 3.30. The molecule has 2 heterocycles. The molecule has 0 bridgehead atoms. The lowest BCUT2D eigenvalue weighted by Gasteiger charge is -2.25. The maximum atomic E-state index is 14.0. The van der Waals surface area contributed by atoms with Crippen molar-refractivity contribution in [3.8, 4) is 17.6 Å². The third-order valence-corrected chi connectivity index (χ3v) is 6.05. The summed E-state index contributed by atoms with van der Waals surface area (Å²) in [4.78, 5) is 38.7. The number of nitrogens with zero attached hydrogens (tertiary/aromatic N) is 1. The Bertz CT molecular complexity index is 1360. The molecule has 9 nitrogen and oxygen atoms in total. The molecule has 0 spiro atoms. The predicted molar refractivity (Wildman–Crippen MR) is 117 cm³/mol. The highest BCUT2D eigenvalue weighted by Gasteiger charge is 2.55. The van der Waals surface area contributed by atoms with Crippen LogP contribution >= 0.6 is 0 Å². The second kappa shape index (κ2) is 9.06. The standard InChI is InChI=1S/C24H19F4N3O6/c1-37-15-4-3-14-12-31(19(32)16(14)11-15)9-8-22(20(33)29-21(34)30-22)7-6-13-2-5-18(25)17(10-13)23(35,36)24(26,27)28/h2-5,10-11,35-36H,8-9,12H2,1H3,(H2,29,30,33,34). The van der Waals surface area contributed by atoms with E-state index >= 15 is 0 Å². The van der Waals surface area contributed by atoms with E-state index in [0.29, 0.717) is 23.4 Å². The summed E-state index contributed by atoms with van der Waals surface area (Å²) in [6.07, 6.45) is -5.79. The fourth-order valence-corrected chi connectivity index (χ4v) is 3.97. The molecule has 1 saturated heterocycles. The van der Waals surface area contributed by atoms with Gasteiger partial charge in [0, 0.05) is 30.6 Å². The molecule has 4 rings (SSSR count). The van der Waals surface area contributed by atoms with Crippen LogP contribution < -0.4 is 15.4 Å². The van der Waals surface area contributed by atoms with Gasteiger partial charge in [0.25, 0.3) is 17.6 Å². The molecule has 2 aliphatic rings. The first-order chi connectivity index (χ1) is 17.3. The molecule has 2 aromatic carbocycles. The first-order valence-electron chi connectivity index (χ1n) is 10.7. The number of halogens is 4. The van der Waals surface area contributed by atoms with Crippen molar-refractivity contribution in [3.05, 3.63) is 64.5 Å². The minimum atomic E-state index is -5.61. The topological polar surface area (TPSA) is 128 Å². The maximum Gasteiger partial charge on any atom is 0.447 e. The van der Waals surface area contributed by atoms with Crippen LogP contribution in [0.1, 0.15) is 33.5 Å². The number of alkyl halides is 3. The molecular weight excluding hydrogens is 502 g/mol. The number of carbonyl (C=O) groups is 3. The van der Waals surface area contributed by atoms with Crippen LogP contribution in [0.5, 0.6) is 5.75 Å². The number of carbonyl (C=O) groups excluding carboxylic acids is 3. The Hall–Kier alpha value is -4.15. The van der Waals surface area contributed by atoms with Crippen molar-refractivity contribution in [2.75, 3.05) is 13.7 Å². The van der Waals surface area contributed by atoms with Crippen molar-refractivity contribution in [3.63, 3.8) is 0 Å². The quantitative estimate of drug-likeness (QED) is 0.205. The van der Waals surface area contributed by atoms with E-state index in [1.165, 1.54) is 12.0 Å². The molecule has 0 aliphatic carbocycles. The minimum Gasteiger partial charge on any atom is -0.497 e. The molecule has 4 amide bonds. The highest BCUT2D eigenvalue weighted by Crippen LogP contribution is 2.38. The largest absolute Gasteiger partial charge is 0.497 e. The van der Waals surface area contributed by atoms with Crippen molar-refractivity contribution in [1.82, 2.24) is 15.5 Å². The number of hydrogen-bond donors (Lipinski definition) is 4. The highest BCUT2D eigenvalue weighted by molar-refractivity contribution is 6.09. The Morgan fingerprint density at radius 3 is 2.49 bits per heavy atom. The number of rotatable bonds is 5. The molecule has 1 fully saturated rings. The molecular formula is C24H19F4N3O6. The molecule has 1 unspecified atom stereocenters. The van der Waals surface area contributed by atoms with Gasteiger partial charge in [0.05, 0.1) is 12.7 Å². The summed E-state index contributed by atoms with van der Waals surface area (Å²) in [5.41, 5.74) is -2.50. The van der Waals surface area contributed by atoms with Crippen LogP contribution in [0.15, 0.2) is 36.4 Å². The lowest BCUT2D eigenvalue weighted by molar-refractivity contribution is -0.359. The zero-order valence-corrected chi connectivity index (χ0v) is 19.1. The molecule has 2 aliphatic heterocycles. The third-order valence-electron chi connectivity index (χ3n) is 6.05. The van der Waals surface area contributed by atoms with Crippen LogP contribution in [0.25, 0.3) is 0 Å². The molecule has 194 valence electrons. The van der Waals surface area contributed by atoms with Gasteiger partial charge in [-0.15, -0.1) is 0 Å². The smallest absolute Gasteiger partial charge is 0.447 e. The van der Waals surface area contributed by atoms with Crippen molar-refractivity contribution in [2.24, 2.45) is 0 Å². The van der Waals surface area contributed by atoms with Crippen molar-refractivity contribution >= 4 is 17.8 Å². The summed E-state index contributed by atoms with van der Waals surface area (Å²) < 4.78 is 58.1. The number of methoxy groups -OCH3 is 1. The molecule has 37 heavy (non-hydrogen) atoms. The van der Waals surface area contributed by atoms with Gasteiger partial charge >= 0.3 is 12.2 Å². The number of fused-ring (bicyclic) bond motifs is 1. The van der Waals surface area contributed by atoms with Gasteiger partial charge in [-0.25, -0.2) is 9.18 Å². The first-order valence-corrected chi connectivity index (χ1v) is 10.7. The van der Waals surface area contributed by atoms with E-state index in [1.807, 2.05) is 5.32 Å². The van der Waals surface area contributed by atoms with Gasteiger partial charge in [0.15, 0.2) is 5.54 Å². The monoisotopic (exact) mass is 521 g/mol. The van der Waals surface area contributed by atoms with E-state index in [-0.39, 0.29) is 31.0 Å². The van der Waals surface area contributed by atoms with Gasteiger partial charge in [-0.05, 0) is 35.9 Å². The first kappa shape index (κ1) is 25.9. The maximum absolute atomic E-state index is 14.0. The number of benzene rings is 2. The van der Waals surface area contributed by atoms with Gasteiger partial charge < -0.3 is 25.2 Å². The summed E-state index contributed by atoms with van der Waals surface area (Å²) in [6.45, 7) is 0.197. The van der Waals surface area contributed by atoms with Crippen LogP contribution in [0.2, 0.25) is 0 Å². The van der Waals surface area contributed by atoms with E-state index < -0.39 is 40.8 Å². The number of aliphatic hydroxyl groups is 2. The number of nitrogens with one attached hydrogen (secondary N) is 2. The molecule has 1 atom stereocenters. The number of hydrogen-bond acceptors (Lipinski definition) is 6. The Kier molecular flexibility index (Phi) is 6.35. The summed E-state index contributed by atoms with van der Waals surface area (Å²) in [5.74, 6) is -1.86. The second-order valence-electron chi connectivity index (χ2n) is 8.43. The number of urea groups is 1. The Morgan fingerprint density at radius 1 is 1.14 bits per heavy atom. The summed E-state index contributed by atoms with van der Waals surface area (Å²) in [6, 6.07) is 6.12. The zero-order valence-electron chi connectivity index (χ0n) is 19.1. The van der Waals surface area contributed by atoms with Crippen LogP contribution in [0.4, 0.5) is 22.4 Å². The molecule has 13 heteroatoms. The van der Waals surface area contributed by atoms with Crippen molar-refractivity contribution in [1.29, 1.82) is 0 Å². The van der Waals surface area contributed by atoms with Gasteiger partial charge in [-0.1, -0.05) is 17.9 Å². The van der Waals surface area contributed by atoms with Crippen LogP contribution in [-0.4, -0.2) is 58.3 Å². The fourth-order valence-electron chi connectivity index (χ4n) is 3.97. The Morgan fingerprint density at radius 2 is 1.86 bits per heavy atom. The molecule has 4 N–H and O–H groups in total. The van der Waals surface area contributed by atoms with Crippen LogP contribution in [0.3, 0.4) is 0 Å². The lowest BCUT2D eigenvalue weighted by Crippen LogP contribution is -2.48. The highest BCUT2D eigenvalue weighted by atomic mass is 19.4. The number of amides is 4. The minimum absolute atomic E-state index is 0.0304. The van der Waals surface area contributed by atoms with E-state index in [1.54, 1.807) is 18.2 Å². The van der Waals surface area contributed by atoms with Gasteiger partial charge in [0.1, 0.15) is 11.6 Å². The second-order valence-corrected chi connectivity index (χ2v) is 8.43. The lowest BCUT2D eigenvalue weighted by atomic mass is 9.94. The van der Waals surface area contributed by atoms with Gasteiger partial charge in [0.2, 0.25) is 0 Å². The van der Waals surface area contributed by atoms with Crippen molar-refractivity contribution in [2.45, 2.75) is 30.5 Å². The third kappa shape index (κ3) is 4.68. The van der Waals surface area contributed by atoms with Crippen molar-refractivity contribution < 1.29 is 46.9 Å². The Balaban J connectivity index is 1.60. The molecule has 2 aromatic rings. The summed E-state index contributed by atoms with van der Waals surface area (Å²) >= 11 is 0. The molecule has 0 radical (unpaired) electrons. The predicted octanol–water partition coefficient (Wildman–Crippen LogP) is 1.51. The van der Waals surface area contributed by atoms with E-state index in [9.17, 15) is 42.2 Å². The molecule has 0 aromatic heterocycles. The number of ether oxygens (including phenoxy) is 1. The summed E-state index contributed by atoms with van der Waals surface area (Å²) in [5, 5.41) is 23.3. The SMILES string of the molecule is COc1ccc2c(c1)C(=O)N(CCC1(C#Cc3ccc(F)c(C(O)(O)C(F)(F)F)c3)NC(=O)NC1=O)C2. The summed E-state index contributed by atoms with van der Waals surface area (Å²) in [7, 11) is 1.46. The zero-order chi connectivity index (χ0) is 27.2. The van der Waals surface area contributed by atoms with Gasteiger partial charge in [-0.2, -0.15) is 13.2 Å².